The summed E-state index contributed by atoms with van der Waals surface area (Å²) in [6.45, 7) is 1.85. The number of likely N-dealkylation sites (tertiary alicyclic amines) is 1. The van der Waals surface area contributed by atoms with E-state index < -0.39 is 6.10 Å². The van der Waals surface area contributed by atoms with Crippen LogP contribution in [0.3, 0.4) is 0 Å². The van der Waals surface area contributed by atoms with Crippen LogP contribution >= 0.6 is 0 Å². The van der Waals surface area contributed by atoms with Crippen LogP contribution in [0, 0.1) is 0 Å². The van der Waals surface area contributed by atoms with Crippen LogP contribution < -0.4 is 0 Å². The van der Waals surface area contributed by atoms with Crippen LogP contribution in [0.2, 0.25) is 0 Å². The van der Waals surface area contributed by atoms with Crippen molar-refractivity contribution in [2.24, 2.45) is 0 Å². The van der Waals surface area contributed by atoms with Crippen LogP contribution in [0.25, 0.3) is 0 Å². The number of rotatable bonds is 5. The Morgan fingerprint density at radius 3 is 2.00 bits per heavy atom. The Kier molecular flexibility index (Phi) is 4.64. The highest BCUT2D eigenvalue weighted by molar-refractivity contribution is 5.30. The molecular formula is C23H23NO. The molecule has 0 aromatic heterocycles. The van der Waals surface area contributed by atoms with Crippen LogP contribution in [0.5, 0.6) is 0 Å². The van der Waals surface area contributed by atoms with Crippen LogP contribution in [-0.2, 0) is 6.54 Å². The number of hydrogen-bond donors (Lipinski definition) is 1. The first kappa shape index (κ1) is 16.1. The second kappa shape index (κ2) is 7.22. The van der Waals surface area contributed by atoms with Gasteiger partial charge in [-0.05, 0) is 16.7 Å². The van der Waals surface area contributed by atoms with Gasteiger partial charge in [-0.25, -0.2) is 0 Å². The lowest BCUT2D eigenvalue weighted by atomic mass is 9.77. The minimum atomic E-state index is -0.483. The molecule has 1 N–H and O–H groups in total. The van der Waals surface area contributed by atoms with Crippen molar-refractivity contribution in [3.05, 3.63) is 108 Å². The van der Waals surface area contributed by atoms with Crippen molar-refractivity contribution in [2.75, 3.05) is 6.54 Å². The number of nitrogens with zero attached hydrogens (tertiary/aromatic N) is 1. The number of aliphatic hydroxyl groups excluding tert-OH is 1. The normalized spacial score (nSPS) is 21.5. The molecule has 0 spiro atoms. The summed E-state index contributed by atoms with van der Waals surface area (Å²) in [4.78, 5) is 2.39. The van der Waals surface area contributed by atoms with Gasteiger partial charge in [0.2, 0.25) is 0 Å². The van der Waals surface area contributed by atoms with E-state index in [1.165, 1.54) is 11.1 Å². The van der Waals surface area contributed by atoms with Crippen molar-refractivity contribution in [3.8, 4) is 0 Å². The Morgan fingerprint density at radius 2 is 1.36 bits per heavy atom. The van der Waals surface area contributed by atoms with E-state index in [0.29, 0.717) is 5.92 Å². The van der Waals surface area contributed by atoms with Crippen molar-refractivity contribution in [3.63, 3.8) is 0 Å². The summed E-state index contributed by atoms with van der Waals surface area (Å²) < 4.78 is 0. The predicted molar refractivity (Wildman–Crippen MR) is 101 cm³/mol. The Hall–Kier alpha value is -2.42. The standard InChI is InChI=1S/C23H23NO/c25-23(20-14-8-3-9-15-20)22-21(19-12-6-2-7-13-19)17-24(22)16-18-10-4-1-5-11-18/h1-15,21-23,25H,16-17H2/t21-,22+,23-/m0/s1. The Bertz CT molecular complexity index is 747. The van der Waals surface area contributed by atoms with E-state index in [1.807, 2.05) is 42.5 Å². The first-order chi connectivity index (χ1) is 12.3. The van der Waals surface area contributed by atoms with E-state index >= 15 is 0 Å². The molecule has 1 fully saturated rings. The molecule has 3 atom stereocenters. The van der Waals surface area contributed by atoms with E-state index in [0.717, 1.165) is 18.7 Å². The minimum Gasteiger partial charge on any atom is -0.387 e. The van der Waals surface area contributed by atoms with Gasteiger partial charge >= 0.3 is 0 Å². The third-order valence-electron chi connectivity index (χ3n) is 5.19. The van der Waals surface area contributed by atoms with Crippen LogP contribution in [0.15, 0.2) is 91.0 Å². The molecule has 126 valence electrons. The van der Waals surface area contributed by atoms with Crippen molar-refractivity contribution >= 4 is 0 Å². The zero-order chi connectivity index (χ0) is 17.1. The molecule has 2 nitrogen and oxygen atoms in total. The number of benzene rings is 3. The molecule has 1 aliphatic heterocycles. The minimum absolute atomic E-state index is 0.102. The fourth-order valence-electron chi connectivity index (χ4n) is 3.86. The Balaban J connectivity index is 1.60. The van der Waals surface area contributed by atoms with Gasteiger partial charge < -0.3 is 5.11 Å². The summed E-state index contributed by atoms with van der Waals surface area (Å²) in [7, 11) is 0. The number of aliphatic hydroxyl groups is 1. The van der Waals surface area contributed by atoms with Gasteiger partial charge in [0.05, 0.1) is 6.10 Å². The molecule has 0 aliphatic carbocycles. The van der Waals surface area contributed by atoms with Gasteiger partial charge in [0, 0.05) is 25.0 Å². The van der Waals surface area contributed by atoms with E-state index in [-0.39, 0.29) is 6.04 Å². The average molecular weight is 329 g/mol. The van der Waals surface area contributed by atoms with Gasteiger partial charge in [0.1, 0.15) is 0 Å². The highest BCUT2D eigenvalue weighted by Gasteiger charge is 2.44. The Morgan fingerprint density at radius 1 is 0.800 bits per heavy atom. The van der Waals surface area contributed by atoms with Crippen LogP contribution in [0.4, 0.5) is 0 Å². The highest BCUT2D eigenvalue weighted by Crippen LogP contribution is 2.42. The molecule has 25 heavy (non-hydrogen) atoms. The molecule has 0 bridgehead atoms. The molecule has 0 unspecified atom stereocenters. The molecular weight excluding hydrogens is 306 g/mol. The molecule has 0 amide bonds. The summed E-state index contributed by atoms with van der Waals surface area (Å²) >= 11 is 0. The maximum absolute atomic E-state index is 11.1. The predicted octanol–water partition coefficient (Wildman–Crippen LogP) is 4.39. The largest absolute Gasteiger partial charge is 0.387 e. The second-order valence-electron chi connectivity index (χ2n) is 6.78. The molecule has 1 aliphatic rings. The average Bonchev–Trinajstić information content (AvgIpc) is 2.67. The van der Waals surface area contributed by atoms with E-state index in [2.05, 4.69) is 53.4 Å². The van der Waals surface area contributed by atoms with Gasteiger partial charge in [0.25, 0.3) is 0 Å². The zero-order valence-electron chi connectivity index (χ0n) is 14.2. The third-order valence-corrected chi connectivity index (χ3v) is 5.19. The highest BCUT2D eigenvalue weighted by atomic mass is 16.3. The van der Waals surface area contributed by atoms with Crippen LogP contribution in [-0.4, -0.2) is 22.6 Å². The van der Waals surface area contributed by atoms with Crippen LogP contribution in [0.1, 0.15) is 28.7 Å². The summed E-state index contributed by atoms with van der Waals surface area (Å²) in [5, 5.41) is 11.1. The maximum Gasteiger partial charge on any atom is 0.0951 e. The van der Waals surface area contributed by atoms with Crippen molar-refractivity contribution in [2.45, 2.75) is 24.6 Å². The summed E-state index contributed by atoms with van der Waals surface area (Å²) in [6, 6.07) is 31.2. The smallest absolute Gasteiger partial charge is 0.0951 e. The third kappa shape index (κ3) is 3.37. The molecule has 1 saturated heterocycles. The molecule has 4 rings (SSSR count). The molecule has 1 heterocycles. The molecule has 2 heteroatoms. The van der Waals surface area contributed by atoms with Gasteiger partial charge in [0.15, 0.2) is 0 Å². The summed E-state index contributed by atoms with van der Waals surface area (Å²) in [5.74, 6) is 0.361. The van der Waals surface area contributed by atoms with Crippen molar-refractivity contribution in [1.82, 2.24) is 4.90 Å². The molecule has 0 saturated carbocycles. The van der Waals surface area contributed by atoms with E-state index in [9.17, 15) is 5.11 Å². The van der Waals surface area contributed by atoms with E-state index in [4.69, 9.17) is 0 Å². The monoisotopic (exact) mass is 329 g/mol. The van der Waals surface area contributed by atoms with Crippen molar-refractivity contribution in [1.29, 1.82) is 0 Å². The lowest BCUT2D eigenvalue weighted by molar-refractivity contribution is -0.0416. The summed E-state index contributed by atoms with van der Waals surface area (Å²) in [6.07, 6.45) is -0.483. The van der Waals surface area contributed by atoms with Gasteiger partial charge in [-0.15, -0.1) is 0 Å². The van der Waals surface area contributed by atoms with Gasteiger partial charge in [-0.1, -0.05) is 91.0 Å². The quantitative estimate of drug-likeness (QED) is 0.750. The topological polar surface area (TPSA) is 23.5 Å². The fraction of sp³-hybridized carbons (Fsp3) is 0.217. The maximum atomic E-state index is 11.1. The SMILES string of the molecule is O[C@@H](c1ccccc1)[C@H]1[C@H](c2ccccc2)CN1Cc1ccccc1. The first-order valence-electron chi connectivity index (χ1n) is 8.89. The Labute approximate surface area is 149 Å². The lowest BCUT2D eigenvalue weighted by Gasteiger charge is -2.51. The van der Waals surface area contributed by atoms with E-state index in [1.54, 1.807) is 0 Å². The molecule has 0 radical (unpaired) electrons. The first-order valence-corrected chi connectivity index (χ1v) is 8.89. The van der Waals surface area contributed by atoms with Gasteiger partial charge in [-0.3, -0.25) is 4.90 Å². The molecule has 3 aromatic carbocycles. The van der Waals surface area contributed by atoms with Gasteiger partial charge in [-0.2, -0.15) is 0 Å². The zero-order valence-corrected chi connectivity index (χ0v) is 14.2. The summed E-state index contributed by atoms with van der Waals surface area (Å²) in [5.41, 5.74) is 3.59. The fourth-order valence-corrected chi connectivity index (χ4v) is 3.86. The molecule has 3 aromatic rings. The van der Waals surface area contributed by atoms with Crippen molar-refractivity contribution < 1.29 is 5.11 Å². The second-order valence-corrected chi connectivity index (χ2v) is 6.78. The number of hydrogen-bond acceptors (Lipinski definition) is 2. The lowest BCUT2D eigenvalue weighted by Crippen LogP contribution is -2.56.